The second kappa shape index (κ2) is 8.27. The summed E-state index contributed by atoms with van der Waals surface area (Å²) < 4.78 is 12.7. The number of carbonyl (C=O) groups is 1. The normalized spacial score (nSPS) is 10.9. The largest absolute Gasteiger partial charge is 0.494 e. The highest BCUT2D eigenvalue weighted by molar-refractivity contribution is 7.08. The van der Waals surface area contributed by atoms with Gasteiger partial charge in [-0.05, 0) is 42.1 Å². The lowest BCUT2D eigenvalue weighted by Gasteiger charge is -2.10. The summed E-state index contributed by atoms with van der Waals surface area (Å²) in [6.45, 7) is 0.456. The van der Waals surface area contributed by atoms with Crippen molar-refractivity contribution in [1.29, 1.82) is 0 Å². The number of fused-ring (bicyclic) bond motifs is 1. The van der Waals surface area contributed by atoms with E-state index in [4.69, 9.17) is 9.72 Å². The molecule has 0 saturated heterocycles. The molecule has 5 nitrogen and oxygen atoms in total. The van der Waals surface area contributed by atoms with Crippen LogP contribution in [0.2, 0.25) is 0 Å². The number of benzene rings is 2. The number of imidazole rings is 1. The molecule has 0 bridgehead atoms. The molecule has 0 aliphatic carbocycles. The second-order valence-electron chi connectivity index (χ2n) is 6.30. The Morgan fingerprint density at radius 3 is 2.75 bits per heavy atom. The van der Waals surface area contributed by atoms with Gasteiger partial charge in [-0.1, -0.05) is 18.2 Å². The molecule has 28 heavy (non-hydrogen) atoms. The number of nitrogens with zero attached hydrogens (tertiary/aromatic N) is 2. The first-order valence-electron chi connectivity index (χ1n) is 9.06. The number of methoxy groups -OCH3 is 1. The maximum Gasteiger partial charge on any atom is 0.305 e. The molecule has 0 radical (unpaired) electrons. The minimum atomic E-state index is -0.221. The summed E-state index contributed by atoms with van der Waals surface area (Å²) in [5.41, 5.74) is 4.03. The molecule has 0 atom stereocenters. The highest BCUT2D eigenvalue weighted by Gasteiger charge is 2.15. The Kier molecular flexibility index (Phi) is 5.39. The van der Waals surface area contributed by atoms with Gasteiger partial charge in [-0.25, -0.2) is 4.98 Å². The molecule has 0 unspecified atom stereocenters. The van der Waals surface area contributed by atoms with Crippen molar-refractivity contribution >= 4 is 28.3 Å². The van der Waals surface area contributed by atoms with Crippen LogP contribution in [0.4, 0.5) is 0 Å². The van der Waals surface area contributed by atoms with Crippen LogP contribution in [0.15, 0.2) is 65.4 Å². The molecule has 0 N–H and O–H groups in total. The summed E-state index contributed by atoms with van der Waals surface area (Å²) in [5.74, 6) is 1.44. The molecule has 4 rings (SSSR count). The van der Waals surface area contributed by atoms with Crippen LogP contribution >= 0.6 is 11.3 Å². The van der Waals surface area contributed by atoms with E-state index in [1.807, 2.05) is 36.4 Å². The number of para-hydroxylation sites is 1. The van der Waals surface area contributed by atoms with Gasteiger partial charge in [-0.15, -0.1) is 0 Å². The van der Waals surface area contributed by atoms with Crippen LogP contribution in [-0.2, 0) is 9.53 Å². The highest BCUT2D eigenvalue weighted by Crippen LogP contribution is 2.31. The molecular weight excluding hydrogens is 372 g/mol. The second-order valence-corrected chi connectivity index (χ2v) is 7.08. The van der Waals surface area contributed by atoms with Crippen molar-refractivity contribution in [3.8, 4) is 22.8 Å². The van der Waals surface area contributed by atoms with Gasteiger partial charge in [0.2, 0.25) is 0 Å². The van der Waals surface area contributed by atoms with Crippen LogP contribution in [-0.4, -0.2) is 29.2 Å². The van der Waals surface area contributed by atoms with E-state index < -0.39 is 0 Å². The van der Waals surface area contributed by atoms with Gasteiger partial charge in [0.25, 0.3) is 0 Å². The fourth-order valence-corrected chi connectivity index (χ4v) is 3.71. The summed E-state index contributed by atoms with van der Waals surface area (Å²) in [6, 6.07) is 18.2. The quantitative estimate of drug-likeness (QED) is 0.325. The molecule has 0 aliphatic rings. The fraction of sp³-hybridized carbons (Fsp3) is 0.182. The Morgan fingerprint density at radius 1 is 1.14 bits per heavy atom. The Morgan fingerprint density at radius 2 is 2.00 bits per heavy atom. The topological polar surface area (TPSA) is 53.4 Å². The summed E-state index contributed by atoms with van der Waals surface area (Å²) in [5, 5.41) is 4.16. The third-order valence-corrected chi connectivity index (χ3v) is 5.12. The van der Waals surface area contributed by atoms with Gasteiger partial charge in [0, 0.05) is 29.1 Å². The lowest BCUT2D eigenvalue weighted by Crippen LogP contribution is -2.04. The van der Waals surface area contributed by atoms with E-state index >= 15 is 0 Å². The number of aromatic nitrogens is 2. The number of ether oxygens (including phenoxy) is 2. The first-order valence-corrected chi connectivity index (χ1v) is 10.0. The minimum absolute atomic E-state index is 0.221. The molecule has 0 amide bonds. The molecule has 2 aromatic carbocycles. The zero-order chi connectivity index (χ0) is 19.3. The maximum absolute atomic E-state index is 11.2. The summed E-state index contributed by atoms with van der Waals surface area (Å²) in [7, 11) is 1.40. The number of carbonyl (C=O) groups excluding carboxylic acids is 1. The van der Waals surface area contributed by atoms with Crippen molar-refractivity contribution in [2.45, 2.75) is 12.8 Å². The first-order chi connectivity index (χ1) is 13.8. The third-order valence-electron chi connectivity index (χ3n) is 4.44. The summed E-state index contributed by atoms with van der Waals surface area (Å²) in [4.78, 5) is 16.1. The van der Waals surface area contributed by atoms with Crippen LogP contribution in [0.25, 0.3) is 28.1 Å². The van der Waals surface area contributed by atoms with Gasteiger partial charge in [0.05, 0.1) is 24.8 Å². The van der Waals surface area contributed by atoms with Gasteiger partial charge < -0.3 is 9.47 Å². The number of rotatable bonds is 7. The van der Waals surface area contributed by atoms with E-state index in [0.717, 1.165) is 33.9 Å². The zero-order valence-corrected chi connectivity index (χ0v) is 16.3. The molecule has 4 aromatic rings. The van der Waals surface area contributed by atoms with Crippen molar-refractivity contribution in [2.75, 3.05) is 13.7 Å². The predicted octanol–water partition coefficient (Wildman–Crippen LogP) is 5.09. The van der Waals surface area contributed by atoms with Crippen molar-refractivity contribution in [2.24, 2.45) is 0 Å². The first kappa shape index (κ1) is 18.3. The SMILES string of the molecule is COC(=O)CCCOc1ccc2nc(-c3ccsc3)n(-c3ccccc3)c2c1. The third kappa shape index (κ3) is 3.77. The van der Waals surface area contributed by atoms with E-state index in [1.54, 1.807) is 11.3 Å². The van der Waals surface area contributed by atoms with Gasteiger partial charge in [0.15, 0.2) is 0 Å². The molecule has 0 fully saturated rings. The average molecular weight is 392 g/mol. The van der Waals surface area contributed by atoms with Crippen LogP contribution in [0.1, 0.15) is 12.8 Å². The predicted molar refractivity (Wildman–Crippen MR) is 111 cm³/mol. The van der Waals surface area contributed by atoms with Gasteiger partial charge >= 0.3 is 5.97 Å². The molecule has 0 saturated carbocycles. The molecular formula is C22H20N2O3S. The van der Waals surface area contributed by atoms with E-state index in [2.05, 4.69) is 38.3 Å². The van der Waals surface area contributed by atoms with Crippen molar-refractivity contribution in [3.05, 3.63) is 65.4 Å². The summed E-state index contributed by atoms with van der Waals surface area (Å²) >= 11 is 1.65. The molecule has 2 heterocycles. The Labute approximate surface area is 167 Å². The van der Waals surface area contributed by atoms with Crippen LogP contribution < -0.4 is 4.74 Å². The van der Waals surface area contributed by atoms with Crippen LogP contribution in [0.3, 0.4) is 0 Å². The molecule has 0 spiro atoms. The van der Waals surface area contributed by atoms with E-state index in [9.17, 15) is 4.79 Å². The van der Waals surface area contributed by atoms with E-state index in [0.29, 0.717) is 19.4 Å². The molecule has 0 aliphatic heterocycles. The van der Waals surface area contributed by atoms with Gasteiger partial charge in [-0.2, -0.15) is 11.3 Å². The van der Waals surface area contributed by atoms with Crippen LogP contribution in [0, 0.1) is 0 Å². The minimum Gasteiger partial charge on any atom is -0.494 e. The van der Waals surface area contributed by atoms with Crippen LogP contribution in [0.5, 0.6) is 5.75 Å². The number of esters is 1. The molecule has 142 valence electrons. The van der Waals surface area contributed by atoms with Gasteiger partial charge in [-0.3, -0.25) is 9.36 Å². The van der Waals surface area contributed by atoms with E-state index in [1.165, 1.54) is 7.11 Å². The lowest BCUT2D eigenvalue weighted by atomic mass is 10.2. The molecule has 2 aromatic heterocycles. The average Bonchev–Trinajstić information content (AvgIpc) is 3.39. The Bertz CT molecular complexity index is 1070. The summed E-state index contributed by atoms with van der Waals surface area (Å²) in [6.07, 6.45) is 0.964. The highest BCUT2D eigenvalue weighted by atomic mass is 32.1. The van der Waals surface area contributed by atoms with Gasteiger partial charge in [0.1, 0.15) is 11.6 Å². The number of thiophene rings is 1. The Hall–Kier alpha value is -3.12. The van der Waals surface area contributed by atoms with E-state index in [-0.39, 0.29) is 5.97 Å². The fourth-order valence-electron chi connectivity index (χ4n) is 3.08. The van der Waals surface area contributed by atoms with Crippen molar-refractivity contribution in [3.63, 3.8) is 0 Å². The Balaban J connectivity index is 1.69. The van der Waals surface area contributed by atoms with Crippen molar-refractivity contribution < 1.29 is 14.3 Å². The maximum atomic E-state index is 11.2. The zero-order valence-electron chi connectivity index (χ0n) is 15.5. The lowest BCUT2D eigenvalue weighted by molar-refractivity contribution is -0.140. The molecule has 6 heteroatoms. The van der Waals surface area contributed by atoms with Crippen molar-refractivity contribution in [1.82, 2.24) is 9.55 Å². The monoisotopic (exact) mass is 392 g/mol. The number of hydrogen-bond acceptors (Lipinski definition) is 5. The smallest absolute Gasteiger partial charge is 0.305 e. The number of hydrogen-bond donors (Lipinski definition) is 0. The standard InChI is InChI=1S/C22H20N2O3S/c1-26-21(25)8-5-12-27-18-9-10-19-20(14-18)24(17-6-3-2-4-7-17)22(23-19)16-11-13-28-15-16/h2-4,6-7,9-11,13-15H,5,8,12H2,1H3.